The normalized spacial score (nSPS) is 19.0. The molecule has 4 nitrogen and oxygen atoms in total. The zero-order chi connectivity index (χ0) is 18.8. The predicted octanol–water partition coefficient (Wildman–Crippen LogP) is 3.76. The number of piperazine rings is 1. The molecule has 2 aromatic rings. The lowest BCUT2D eigenvalue weighted by Crippen LogP contribution is -2.48. The lowest BCUT2D eigenvalue weighted by atomic mass is 10.2. The van der Waals surface area contributed by atoms with E-state index in [1.54, 1.807) is 30.3 Å². The summed E-state index contributed by atoms with van der Waals surface area (Å²) in [4.78, 5) is 20.8. The van der Waals surface area contributed by atoms with E-state index in [0.717, 1.165) is 0 Å². The number of thioether (sulfide) groups is 1. The zero-order valence-corrected chi connectivity index (χ0v) is 15.3. The van der Waals surface area contributed by atoms with Gasteiger partial charge >= 0.3 is 0 Å². The molecule has 2 heterocycles. The minimum Gasteiger partial charge on any atom is -0.366 e. The van der Waals surface area contributed by atoms with Crippen molar-refractivity contribution < 1.29 is 13.6 Å². The number of rotatable bonds is 2. The Hall–Kier alpha value is -2.67. The third-order valence-corrected chi connectivity index (χ3v) is 5.54. The first-order valence-corrected chi connectivity index (χ1v) is 9.44. The Bertz CT molecular complexity index is 936. The molecule has 7 heteroatoms. The van der Waals surface area contributed by atoms with E-state index in [2.05, 4.69) is 4.99 Å². The average Bonchev–Trinajstić information content (AvgIpc) is 3.03. The monoisotopic (exact) mass is 385 g/mol. The molecule has 2 aliphatic heterocycles. The van der Waals surface area contributed by atoms with Gasteiger partial charge in [-0.1, -0.05) is 24.3 Å². The molecule has 0 atom stereocenters. The number of benzene rings is 2. The van der Waals surface area contributed by atoms with Gasteiger partial charge in [0.1, 0.15) is 11.6 Å². The Labute approximate surface area is 160 Å². The number of carbonyl (C=O) groups excluding carboxylic acids is 1. The van der Waals surface area contributed by atoms with E-state index < -0.39 is 0 Å². The summed E-state index contributed by atoms with van der Waals surface area (Å²) in [5, 5.41) is 0.649. The van der Waals surface area contributed by atoms with E-state index in [9.17, 15) is 13.6 Å². The first-order chi connectivity index (χ1) is 13.1. The second-order valence-electron chi connectivity index (χ2n) is 6.29. The highest BCUT2D eigenvalue weighted by Gasteiger charge is 2.29. The van der Waals surface area contributed by atoms with Gasteiger partial charge in [-0.15, -0.1) is 0 Å². The van der Waals surface area contributed by atoms with Crippen LogP contribution in [-0.2, 0) is 4.79 Å². The summed E-state index contributed by atoms with van der Waals surface area (Å²) >= 11 is 1.30. The molecular weight excluding hydrogens is 368 g/mol. The fourth-order valence-electron chi connectivity index (χ4n) is 3.13. The van der Waals surface area contributed by atoms with Crippen LogP contribution in [0.2, 0.25) is 0 Å². The molecule has 0 N–H and O–H groups in total. The summed E-state index contributed by atoms with van der Waals surface area (Å²) in [7, 11) is 0. The van der Waals surface area contributed by atoms with Gasteiger partial charge in [0.05, 0.1) is 10.6 Å². The molecule has 0 unspecified atom stereocenters. The summed E-state index contributed by atoms with van der Waals surface area (Å²) in [6.45, 7) is 2.61. The molecule has 1 saturated heterocycles. The maximum absolute atomic E-state index is 13.9. The van der Waals surface area contributed by atoms with Crippen LogP contribution in [0.5, 0.6) is 0 Å². The van der Waals surface area contributed by atoms with Gasteiger partial charge in [0, 0.05) is 26.2 Å². The van der Waals surface area contributed by atoms with Crippen LogP contribution in [-0.4, -0.2) is 42.2 Å². The van der Waals surface area contributed by atoms with Crippen molar-refractivity contribution in [1.82, 2.24) is 4.90 Å². The molecule has 27 heavy (non-hydrogen) atoms. The third kappa shape index (κ3) is 3.88. The second kappa shape index (κ2) is 7.52. The van der Waals surface area contributed by atoms with Gasteiger partial charge in [0.2, 0.25) is 0 Å². The van der Waals surface area contributed by atoms with Crippen LogP contribution in [0.15, 0.2) is 58.4 Å². The van der Waals surface area contributed by atoms with Crippen molar-refractivity contribution in [3.63, 3.8) is 0 Å². The Morgan fingerprint density at radius 1 is 0.963 bits per heavy atom. The second-order valence-corrected chi connectivity index (χ2v) is 7.30. The highest BCUT2D eigenvalue weighted by atomic mass is 32.2. The van der Waals surface area contributed by atoms with Crippen LogP contribution >= 0.6 is 11.8 Å². The molecule has 1 amide bonds. The topological polar surface area (TPSA) is 35.9 Å². The van der Waals surface area contributed by atoms with Gasteiger partial charge < -0.3 is 9.80 Å². The van der Waals surface area contributed by atoms with Crippen molar-refractivity contribution in [2.24, 2.45) is 4.99 Å². The van der Waals surface area contributed by atoms with Crippen molar-refractivity contribution >= 4 is 34.6 Å². The van der Waals surface area contributed by atoms with Gasteiger partial charge in [-0.3, -0.25) is 4.79 Å². The van der Waals surface area contributed by atoms with Gasteiger partial charge in [0.25, 0.3) is 5.91 Å². The molecule has 0 aromatic heterocycles. The van der Waals surface area contributed by atoms with E-state index in [1.165, 1.54) is 30.0 Å². The number of hydrogen-bond donors (Lipinski definition) is 0. The Kier molecular flexibility index (Phi) is 4.94. The Morgan fingerprint density at radius 2 is 1.70 bits per heavy atom. The molecule has 0 bridgehead atoms. The number of hydrogen-bond acceptors (Lipinski definition) is 4. The largest absolute Gasteiger partial charge is 0.366 e. The number of anilines is 1. The summed E-state index contributed by atoms with van der Waals surface area (Å²) in [6.07, 6.45) is 1.65. The smallest absolute Gasteiger partial charge is 0.286 e. The van der Waals surface area contributed by atoms with E-state index in [-0.39, 0.29) is 17.5 Å². The molecule has 138 valence electrons. The summed E-state index contributed by atoms with van der Waals surface area (Å²) in [5.74, 6) is -0.880. The standard InChI is InChI=1S/C20H17F2N3OS/c21-15-5-3-4-14(12-15)13-18-19(26)23-20(27-18)25-10-8-24(9-11-25)17-7-2-1-6-16(17)22/h1-7,12-13H,8-11H2/b18-13-. The maximum atomic E-state index is 13.9. The highest BCUT2D eigenvalue weighted by Crippen LogP contribution is 2.31. The van der Waals surface area contributed by atoms with Gasteiger partial charge in [-0.05, 0) is 47.7 Å². The van der Waals surface area contributed by atoms with Crippen LogP contribution < -0.4 is 4.90 Å². The average molecular weight is 385 g/mol. The SMILES string of the molecule is O=C1N=C(N2CCN(c3ccccc3F)CC2)S/C1=C\c1cccc(F)c1. The van der Waals surface area contributed by atoms with Gasteiger partial charge in [-0.25, -0.2) is 8.78 Å². The highest BCUT2D eigenvalue weighted by molar-refractivity contribution is 8.18. The summed E-state index contributed by atoms with van der Waals surface area (Å²) in [5.41, 5.74) is 1.23. The van der Waals surface area contributed by atoms with Crippen LogP contribution in [0.3, 0.4) is 0 Å². The fraction of sp³-hybridized carbons (Fsp3) is 0.200. The molecule has 0 radical (unpaired) electrons. The molecule has 4 rings (SSSR count). The molecular formula is C20H17F2N3OS. The predicted molar refractivity (Wildman–Crippen MR) is 105 cm³/mol. The minimum atomic E-state index is -0.342. The number of para-hydroxylation sites is 1. The number of carbonyl (C=O) groups is 1. The molecule has 2 aliphatic rings. The lowest BCUT2D eigenvalue weighted by Gasteiger charge is -2.36. The van der Waals surface area contributed by atoms with E-state index >= 15 is 0 Å². The quantitative estimate of drug-likeness (QED) is 0.738. The Balaban J connectivity index is 1.42. The number of amides is 1. The fourth-order valence-corrected chi connectivity index (χ4v) is 4.09. The maximum Gasteiger partial charge on any atom is 0.286 e. The van der Waals surface area contributed by atoms with Crippen LogP contribution in [0, 0.1) is 11.6 Å². The molecule has 0 spiro atoms. The van der Waals surface area contributed by atoms with Crippen molar-refractivity contribution in [3.8, 4) is 0 Å². The number of aliphatic imine (C=N–C) groups is 1. The third-order valence-electron chi connectivity index (χ3n) is 4.50. The first kappa shape index (κ1) is 17.7. The minimum absolute atomic E-state index is 0.228. The molecule has 1 fully saturated rings. The zero-order valence-electron chi connectivity index (χ0n) is 14.4. The molecule has 2 aromatic carbocycles. The van der Waals surface area contributed by atoms with Crippen LogP contribution in [0.1, 0.15) is 5.56 Å². The molecule has 0 aliphatic carbocycles. The van der Waals surface area contributed by atoms with Gasteiger partial charge in [-0.2, -0.15) is 4.99 Å². The van der Waals surface area contributed by atoms with E-state index in [4.69, 9.17) is 0 Å². The van der Waals surface area contributed by atoms with Crippen molar-refractivity contribution in [2.45, 2.75) is 0 Å². The van der Waals surface area contributed by atoms with E-state index in [0.29, 0.717) is 47.5 Å². The Morgan fingerprint density at radius 3 is 2.44 bits per heavy atom. The number of amidine groups is 1. The lowest BCUT2D eigenvalue weighted by molar-refractivity contribution is -0.113. The summed E-state index contributed by atoms with van der Waals surface area (Å²) < 4.78 is 27.3. The van der Waals surface area contributed by atoms with Gasteiger partial charge in [0.15, 0.2) is 5.17 Å². The van der Waals surface area contributed by atoms with Crippen LogP contribution in [0.25, 0.3) is 6.08 Å². The number of nitrogens with zero attached hydrogens (tertiary/aromatic N) is 3. The number of halogens is 2. The first-order valence-electron chi connectivity index (χ1n) is 8.63. The van der Waals surface area contributed by atoms with Crippen molar-refractivity contribution in [2.75, 3.05) is 31.1 Å². The summed E-state index contributed by atoms with van der Waals surface area (Å²) in [6, 6.07) is 12.8. The van der Waals surface area contributed by atoms with Crippen molar-refractivity contribution in [1.29, 1.82) is 0 Å². The molecule has 0 saturated carbocycles. The van der Waals surface area contributed by atoms with Crippen LogP contribution in [0.4, 0.5) is 14.5 Å². The van der Waals surface area contributed by atoms with E-state index in [1.807, 2.05) is 15.9 Å². The van der Waals surface area contributed by atoms with Crippen molar-refractivity contribution in [3.05, 3.63) is 70.6 Å².